The predicted molar refractivity (Wildman–Crippen MR) is 116 cm³/mol. The minimum absolute atomic E-state index is 0.0980. The molecule has 28 heavy (non-hydrogen) atoms. The van der Waals surface area contributed by atoms with Crippen molar-refractivity contribution in [3.63, 3.8) is 0 Å². The lowest BCUT2D eigenvalue weighted by molar-refractivity contribution is -0.00685. The molecule has 0 bridgehead atoms. The van der Waals surface area contributed by atoms with Crippen LogP contribution in [0.4, 0.5) is 0 Å². The summed E-state index contributed by atoms with van der Waals surface area (Å²) < 4.78 is 18.4. The van der Waals surface area contributed by atoms with Gasteiger partial charge in [0, 0.05) is 5.92 Å². The summed E-state index contributed by atoms with van der Waals surface area (Å²) in [6.07, 6.45) is 0.0337. The lowest BCUT2D eigenvalue weighted by atomic mass is 9.99. The third-order valence-electron chi connectivity index (χ3n) is 6.34. The fourth-order valence-corrected chi connectivity index (χ4v) is 10.2. The van der Waals surface area contributed by atoms with Crippen LogP contribution in [0, 0.1) is 5.92 Å². The SMILES string of the molecule is CC(C)[Si](OC[C@H](OC(=O)c1ccccc1)[C@H](C)[C@H]1O[C@H]1C)(C(C)C)C(C)C. The fraction of sp³-hybridized carbons (Fsp3) is 0.696. The van der Waals surface area contributed by atoms with Crippen LogP contribution >= 0.6 is 0 Å². The molecule has 0 N–H and O–H groups in total. The van der Waals surface area contributed by atoms with E-state index >= 15 is 0 Å². The number of hydrogen-bond donors (Lipinski definition) is 0. The van der Waals surface area contributed by atoms with Gasteiger partial charge in [-0.2, -0.15) is 0 Å². The number of esters is 1. The Morgan fingerprint density at radius 2 is 1.50 bits per heavy atom. The zero-order valence-electron chi connectivity index (χ0n) is 18.8. The van der Waals surface area contributed by atoms with Crippen molar-refractivity contribution < 1.29 is 18.7 Å². The summed E-state index contributed by atoms with van der Waals surface area (Å²) in [6, 6.07) is 9.18. The van der Waals surface area contributed by atoms with Gasteiger partial charge in [0.25, 0.3) is 0 Å². The van der Waals surface area contributed by atoms with Crippen molar-refractivity contribution in [3.8, 4) is 0 Å². The quantitative estimate of drug-likeness (QED) is 0.279. The molecule has 1 fully saturated rings. The molecule has 0 amide bonds. The lowest BCUT2D eigenvalue weighted by Gasteiger charge is -2.43. The van der Waals surface area contributed by atoms with Crippen LogP contribution in [-0.4, -0.2) is 39.2 Å². The molecule has 0 aliphatic carbocycles. The predicted octanol–water partition coefficient (Wildman–Crippen LogP) is 5.83. The van der Waals surface area contributed by atoms with Crippen molar-refractivity contribution in [1.29, 1.82) is 0 Å². The number of carbonyl (C=O) groups is 1. The minimum Gasteiger partial charge on any atom is -0.456 e. The zero-order chi connectivity index (χ0) is 21.1. The van der Waals surface area contributed by atoms with E-state index in [4.69, 9.17) is 13.9 Å². The van der Waals surface area contributed by atoms with Crippen LogP contribution in [-0.2, 0) is 13.9 Å². The maximum absolute atomic E-state index is 12.7. The highest BCUT2D eigenvalue weighted by Crippen LogP contribution is 2.43. The zero-order valence-corrected chi connectivity index (χ0v) is 19.8. The number of hydrogen-bond acceptors (Lipinski definition) is 4. The Kier molecular flexibility index (Phi) is 7.88. The molecule has 1 aliphatic heterocycles. The average molecular weight is 407 g/mol. The van der Waals surface area contributed by atoms with Crippen LogP contribution in [0.2, 0.25) is 16.6 Å². The standard InChI is InChI=1S/C23H38O4Si/c1-15(2)28(16(3)4,17(5)6)25-14-21(18(7)22-19(8)26-22)27-23(24)20-12-10-9-11-13-20/h9-13,15-19,21-22H,14H2,1-8H3/t18-,19-,21-,22+/m0/s1. The summed E-state index contributed by atoms with van der Waals surface area (Å²) in [7, 11) is -2.03. The van der Waals surface area contributed by atoms with E-state index in [1.807, 2.05) is 18.2 Å². The van der Waals surface area contributed by atoms with Crippen LogP contribution in [0.25, 0.3) is 0 Å². The van der Waals surface area contributed by atoms with Crippen molar-refractivity contribution >= 4 is 14.3 Å². The molecule has 0 aromatic heterocycles. The first kappa shape index (κ1) is 23.1. The smallest absolute Gasteiger partial charge is 0.338 e. The van der Waals surface area contributed by atoms with E-state index in [2.05, 4.69) is 55.4 Å². The van der Waals surface area contributed by atoms with Crippen molar-refractivity contribution in [2.45, 2.75) is 90.3 Å². The topological polar surface area (TPSA) is 48.1 Å². The van der Waals surface area contributed by atoms with Crippen molar-refractivity contribution in [3.05, 3.63) is 35.9 Å². The average Bonchev–Trinajstić information content (AvgIpc) is 3.37. The van der Waals surface area contributed by atoms with Gasteiger partial charge in [-0.05, 0) is 35.7 Å². The summed E-state index contributed by atoms with van der Waals surface area (Å²) >= 11 is 0. The molecule has 0 unspecified atom stereocenters. The molecule has 0 saturated carbocycles. The normalized spacial score (nSPS) is 21.8. The van der Waals surface area contributed by atoms with Gasteiger partial charge in [-0.15, -0.1) is 0 Å². The third kappa shape index (κ3) is 5.05. The van der Waals surface area contributed by atoms with Crippen molar-refractivity contribution in [1.82, 2.24) is 0 Å². The number of epoxide rings is 1. The van der Waals surface area contributed by atoms with Crippen LogP contribution in [0.3, 0.4) is 0 Å². The van der Waals surface area contributed by atoms with E-state index in [0.29, 0.717) is 28.8 Å². The van der Waals surface area contributed by atoms with Gasteiger partial charge in [-0.3, -0.25) is 0 Å². The molecular weight excluding hydrogens is 368 g/mol. The van der Waals surface area contributed by atoms with Gasteiger partial charge in [0.2, 0.25) is 8.32 Å². The van der Waals surface area contributed by atoms with Gasteiger partial charge in [0.1, 0.15) is 6.10 Å². The van der Waals surface area contributed by atoms with Gasteiger partial charge in [0.15, 0.2) is 0 Å². The molecule has 2 rings (SSSR count). The third-order valence-corrected chi connectivity index (χ3v) is 12.4. The highest BCUT2D eigenvalue weighted by Gasteiger charge is 2.48. The van der Waals surface area contributed by atoms with Crippen LogP contribution < -0.4 is 0 Å². The molecule has 5 heteroatoms. The Morgan fingerprint density at radius 3 is 1.93 bits per heavy atom. The Hall–Kier alpha value is -1.17. The van der Waals surface area contributed by atoms with E-state index in [1.165, 1.54) is 0 Å². The lowest BCUT2D eigenvalue weighted by Crippen LogP contribution is -2.50. The maximum atomic E-state index is 12.7. The molecule has 0 spiro atoms. The summed E-state index contributed by atoms with van der Waals surface area (Å²) in [5.41, 5.74) is 2.04. The first-order chi connectivity index (χ1) is 13.1. The van der Waals surface area contributed by atoms with Crippen LogP contribution in [0.5, 0.6) is 0 Å². The largest absolute Gasteiger partial charge is 0.456 e. The second-order valence-electron chi connectivity index (χ2n) is 9.10. The molecule has 158 valence electrons. The van der Waals surface area contributed by atoms with Gasteiger partial charge >= 0.3 is 5.97 Å². The van der Waals surface area contributed by atoms with Gasteiger partial charge in [0.05, 0.1) is 24.4 Å². The van der Waals surface area contributed by atoms with E-state index in [1.54, 1.807) is 12.1 Å². The van der Waals surface area contributed by atoms with Gasteiger partial charge in [-0.1, -0.05) is 66.7 Å². The molecule has 1 aromatic carbocycles. The molecule has 1 heterocycles. The molecule has 1 saturated heterocycles. The first-order valence-electron chi connectivity index (χ1n) is 10.7. The van der Waals surface area contributed by atoms with Crippen molar-refractivity contribution in [2.75, 3.05) is 6.61 Å². The van der Waals surface area contributed by atoms with Gasteiger partial charge < -0.3 is 13.9 Å². The molecule has 4 nitrogen and oxygen atoms in total. The number of benzene rings is 1. The molecule has 4 atom stereocenters. The summed E-state index contributed by atoms with van der Waals surface area (Å²) in [6.45, 7) is 18.2. The Balaban J connectivity index is 2.18. The van der Waals surface area contributed by atoms with E-state index < -0.39 is 8.32 Å². The Labute approximate surface area is 172 Å². The molecular formula is C23H38O4Si. The Morgan fingerprint density at radius 1 is 1.00 bits per heavy atom. The molecule has 0 radical (unpaired) electrons. The Bertz CT molecular complexity index is 607. The number of rotatable bonds is 10. The van der Waals surface area contributed by atoms with Crippen LogP contribution in [0.1, 0.15) is 65.7 Å². The van der Waals surface area contributed by atoms with Gasteiger partial charge in [-0.25, -0.2) is 4.79 Å². The minimum atomic E-state index is -2.03. The van der Waals surface area contributed by atoms with E-state index in [0.717, 1.165) is 0 Å². The number of ether oxygens (including phenoxy) is 2. The number of carbonyl (C=O) groups excluding carboxylic acids is 1. The van der Waals surface area contributed by atoms with Crippen LogP contribution in [0.15, 0.2) is 30.3 Å². The monoisotopic (exact) mass is 406 g/mol. The van der Waals surface area contributed by atoms with E-state index in [9.17, 15) is 4.79 Å². The summed E-state index contributed by atoms with van der Waals surface area (Å²) in [5, 5.41) is 0. The fourth-order valence-electron chi connectivity index (χ4n) is 4.76. The second-order valence-corrected chi connectivity index (χ2v) is 14.6. The van der Waals surface area contributed by atoms with E-state index in [-0.39, 0.29) is 30.2 Å². The highest BCUT2D eigenvalue weighted by molar-refractivity contribution is 6.77. The summed E-state index contributed by atoms with van der Waals surface area (Å²) in [4.78, 5) is 12.7. The second kappa shape index (κ2) is 9.55. The molecule has 1 aliphatic rings. The maximum Gasteiger partial charge on any atom is 0.338 e. The highest BCUT2D eigenvalue weighted by atomic mass is 28.4. The van der Waals surface area contributed by atoms with Crippen molar-refractivity contribution in [2.24, 2.45) is 5.92 Å². The summed E-state index contributed by atoms with van der Waals surface area (Å²) in [5.74, 6) is -0.193. The first-order valence-corrected chi connectivity index (χ1v) is 12.8. The molecule has 1 aromatic rings.